The maximum atomic E-state index is 10.5. The van der Waals surface area contributed by atoms with Gasteiger partial charge in [-0.2, -0.15) is 0 Å². The molecule has 0 rings (SSSR count). The number of hydrogen-bond acceptors (Lipinski definition) is 7. The molecule has 7 nitrogen and oxygen atoms in total. The molecule has 0 spiro atoms. The van der Waals surface area contributed by atoms with Crippen molar-refractivity contribution in [1.82, 2.24) is 0 Å². The lowest BCUT2D eigenvalue weighted by Crippen LogP contribution is -2.52. The van der Waals surface area contributed by atoms with Gasteiger partial charge >= 0.3 is 0 Å². The Hall–Kier alpha value is -0.860. The summed E-state index contributed by atoms with van der Waals surface area (Å²) in [6, 6.07) is -1.20. The fourth-order valence-electron chi connectivity index (χ4n) is 1.08. The minimum Gasteiger partial charge on any atom is -0.394 e. The standard InChI is InChI=1S/C9H17NO6/c1-5(2-11)16-9(6(10)3-12)8(15)7(14)4-13/h2-3,5-9,13-15H,4,10H2,1H3/t5-,6+,7-,8-,9-/m1/s1. The second kappa shape index (κ2) is 7.42. The molecule has 0 radical (unpaired) electrons. The molecule has 0 aromatic heterocycles. The molecule has 94 valence electrons. The van der Waals surface area contributed by atoms with Gasteiger partial charge in [0, 0.05) is 0 Å². The third-order valence-corrected chi connectivity index (χ3v) is 2.02. The fourth-order valence-corrected chi connectivity index (χ4v) is 1.08. The monoisotopic (exact) mass is 235 g/mol. The first-order chi connectivity index (χ1) is 7.47. The van der Waals surface area contributed by atoms with Crippen molar-refractivity contribution in [3.8, 4) is 0 Å². The van der Waals surface area contributed by atoms with Gasteiger partial charge in [0.05, 0.1) is 12.6 Å². The first-order valence-electron chi connectivity index (χ1n) is 4.76. The molecule has 0 fully saturated rings. The Labute approximate surface area is 92.8 Å². The first kappa shape index (κ1) is 15.1. The zero-order chi connectivity index (χ0) is 12.7. The molecular formula is C9H17NO6. The summed E-state index contributed by atoms with van der Waals surface area (Å²) >= 11 is 0. The van der Waals surface area contributed by atoms with Crippen LogP contribution >= 0.6 is 0 Å². The van der Waals surface area contributed by atoms with Gasteiger partial charge in [-0.15, -0.1) is 0 Å². The van der Waals surface area contributed by atoms with E-state index < -0.39 is 37.1 Å². The summed E-state index contributed by atoms with van der Waals surface area (Å²) in [5.74, 6) is 0. The normalized spacial score (nSPS) is 20.6. The predicted molar refractivity (Wildman–Crippen MR) is 53.5 cm³/mol. The van der Waals surface area contributed by atoms with Gasteiger partial charge < -0.3 is 35.4 Å². The van der Waals surface area contributed by atoms with E-state index in [1.54, 1.807) is 0 Å². The highest BCUT2D eigenvalue weighted by Gasteiger charge is 2.32. The maximum absolute atomic E-state index is 10.5. The van der Waals surface area contributed by atoms with E-state index in [-0.39, 0.29) is 0 Å². The second-order valence-corrected chi connectivity index (χ2v) is 3.40. The van der Waals surface area contributed by atoms with Crippen molar-refractivity contribution in [3.63, 3.8) is 0 Å². The van der Waals surface area contributed by atoms with Crippen molar-refractivity contribution < 1.29 is 29.6 Å². The number of nitrogens with two attached hydrogens (primary N) is 1. The lowest BCUT2D eigenvalue weighted by Gasteiger charge is -2.29. The summed E-state index contributed by atoms with van der Waals surface area (Å²) in [6.07, 6.45) is -4.38. The molecule has 5 N–H and O–H groups in total. The Morgan fingerprint density at radius 3 is 2.25 bits per heavy atom. The van der Waals surface area contributed by atoms with Crippen LogP contribution in [0.2, 0.25) is 0 Å². The Morgan fingerprint density at radius 2 is 1.88 bits per heavy atom. The number of aliphatic hydroxyl groups is 3. The molecule has 7 heteroatoms. The van der Waals surface area contributed by atoms with E-state index in [0.29, 0.717) is 12.6 Å². The highest BCUT2D eigenvalue weighted by molar-refractivity contribution is 5.59. The van der Waals surface area contributed by atoms with Crippen molar-refractivity contribution in [3.05, 3.63) is 0 Å². The van der Waals surface area contributed by atoms with Gasteiger partial charge in [0.2, 0.25) is 0 Å². The summed E-state index contributed by atoms with van der Waals surface area (Å²) < 4.78 is 4.99. The van der Waals surface area contributed by atoms with Gasteiger partial charge in [-0.25, -0.2) is 0 Å². The molecular weight excluding hydrogens is 218 g/mol. The average Bonchev–Trinajstić information content (AvgIpc) is 2.32. The van der Waals surface area contributed by atoms with Gasteiger partial charge in [0.25, 0.3) is 0 Å². The number of carbonyl (C=O) groups excluding carboxylic acids is 2. The van der Waals surface area contributed by atoms with E-state index in [9.17, 15) is 19.8 Å². The van der Waals surface area contributed by atoms with Crippen LogP contribution in [0.4, 0.5) is 0 Å². The van der Waals surface area contributed by atoms with E-state index in [1.165, 1.54) is 6.92 Å². The van der Waals surface area contributed by atoms with E-state index in [4.69, 9.17) is 15.6 Å². The van der Waals surface area contributed by atoms with Crippen molar-refractivity contribution in [1.29, 1.82) is 0 Å². The van der Waals surface area contributed by atoms with E-state index >= 15 is 0 Å². The molecule has 0 amide bonds. The summed E-state index contributed by atoms with van der Waals surface area (Å²) in [6.45, 7) is 0.692. The van der Waals surface area contributed by atoms with E-state index in [1.807, 2.05) is 0 Å². The van der Waals surface area contributed by atoms with E-state index in [0.717, 1.165) is 0 Å². The van der Waals surface area contributed by atoms with Crippen molar-refractivity contribution in [2.75, 3.05) is 6.61 Å². The highest BCUT2D eigenvalue weighted by Crippen LogP contribution is 2.09. The number of rotatable bonds is 8. The van der Waals surface area contributed by atoms with Crippen LogP contribution in [0.5, 0.6) is 0 Å². The summed E-state index contributed by atoms with van der Waals surface area (Å²) in [7, 11) is 0. The predicted octanol–water partition coefficient (Wildman–Crippen LogP) is -2.80. The molecule has 16 heavy (non-hydrogen) atoms. The molecule has 0 aromatic carbocycles. The van der Waals surface area contributed by atoms with Gasteiger partial charge in [-0.05, 0) is 6.92 Å². The molecule has 5 atom stereocenters. The van der Waals surface area contributed by atoms with Gasteiger partial charge in [-0.1, -0.05) is 0 Å². The van der Waals surface area contributed by atoms with Crippen LogP contribution in [-0.2, 0) is 14.3 Å². The molecule has 0 heterocycles. The molecule has 0 saturated carbocycles. The van der Waals surface area contributed by atoms with Crippen LogP contribution in [0.3, 0.4) is 0 Å². The van der Waals surface area contributed by atoms with Crippen LogP contribution in [-0.4, -0.2) is 65.0 Å². The highest BCUT2D eigenvalue weighted by atomic mass is 16.5. The molecule has 0 aliphatic carbocycles. The van der Waals surface area contributed by atoms with Crippen molar-refractivity contribution in [2.45, 2.75) is 37.4 Å². The third kappa shape index (κ3) is 4.33. The Morgan fingerprint density at radius 1 is 1.31 bits per heavy atom. The lowest BCUT2D eigenvalue weighted by molar-refractivity contribution is -0.145. The van der Waals surface area contributed by atoms with Crippen LogP contribution in [0.15, 0.2) is 0 Å². The van der Waals surface area contributed by atoms with Crippen LogP contribution < -0.4 is 5.73 Å². The zero-order valence-corrected chi connectivity index (χ0v) is 8.89. The summed E-state index contributed by atoms with van der Waals surface area (Å²) in [4.78, 5) is 20.8. The van der Waals surface area contributed by atoms with Crippen molar-refractivity contribution >= 4 is 12.6 Å². The summed E-state index contributed by atoms with van der Waals surface area (Å²) in [5, 5.41) is 27.4. The smallest absolute Gasteiger partial charge is 0.148 e. The molecule has 0 bridgehead atoms. The van der Waals surface area contributed by atoms with Crippen LogP contribution in [0, 0.1) is 0 Å². The SMILES string of the molecule is C[C@H](C=O)O[C@@H]([C@H](O)[C@H](O)CO)[C@@H](N)C=O. The van der Waals surface area contributed by atoms with E-state index in [2.05, 4.69) is 0 Å². The maximum Gasteiger partial charge on any atom is 0.148 e. The largest absolute Gasteiger partial charge is 0.394 e. The van der Waals surface area contributed by atoms with Crippen LogP contribution in [0.25, 0.3) is 0 Å². The fraction of sp³-hybridized carbons (Fsp3) is 0.778. The third-order valence-electron chi connectivity index (χ3n) is 2.02. The molecule has 0 aliphatic heterocycles. The molecule has 0 aliphatic rings. The quantitative estimate of drug-likeness (QED) is 0.334. The molecule has 0 unspecified atom stereocenters. The first-order valence-corrected chi connectivity index (χ1v) is 4.76. The van der Waals surface area contributed by atoms with Crippen LogP contribution in [0.1, 0.15) is 6.92 Å². The van der Waals surface area contributed by atoms with Gasteiger partial charge in [-0.3, -0.25) is 0 Å². The topological polar surface area (TPSA) is 130 Å². The number of carbonyl (C=O) groups is 2. The number of aldehydes is 2. The van der Waals surface area contributed by atoms with Gasteiger partial charge in [0.15, 0.2) is 0 Å². The Bertz CT molecular complexity index is 224. The minimum absolute atomic E-state index is 0.329. The number of hydrogen-bond donors (Lipinski definition) is 4. The number of ether oxygens (including phenoxy) is 1. The molecule has 0 aromatic rings. The second-order valence-electron chi connectivity index (χ2n) is 3.40. The Balaban J connectivity index is 4.64. The molecule has 0 saturated heterocycles. The minimum atomic E-state index is -1.55. The lowest BCUT2D eigenvalue weighted by atomic mass is 10.0. The number of aliphatic hydroxyl groups excluding tert-OH is 3. The summed E-state index contributed by atoms with van der Waals surface area (Å²) in [5.41, 5.74) is 5.35. The average molecular weight is 235 g/mol. The van der Waals surface area contributed by atoms with Crippen molar-refractivity contribution in [2.24, 2.45) is 5.73 Å². The Kier molecular flexibility index (Phi) is 7.02. The van der Waals surface area contributed by atoms with Gasteiger partial charge in [0.1, 0.15) is 37.0 Å². The zero-order valence-electron chi connectivity index (χ0n) is 8.89.